The molecule has 1 rings (SSSR count). The fourth-order valence-corrected chi connectivity index (χ4v) is 2.24. The van der Waals surface area contributed by atoms with Crippen LogP contribution in [0.25, 0.3) is 0 Å². The third-order valence-corrected chi connectivity index (χ3v) is 3.81. The van der Waals surface area contributed by atoms with Crippen molar-refractivity contribution in [3.8, 4) is 0 Å². The molecular weight excluding hydrogens is 174 g/mol. The van der Waals surface area contributed by atoms with Crippen LogP contribution in [0.5, 0.6) is 0 Å². The first-order valence-corrected chi connectivity index (χ1v) is 5.93. The molecule has 2 nitrogen and oxygen atoms in total. The van der Waals surface area contributed by atoms with Gasteiger partial charge in [-0.3, -0.25) is 0 Å². The highest BCUT2D eigenvalue weighted by atomic mass is 16.5. The summed E-state index contributed by atoms with van der Waals surface area (Å²) in [6.07, 6.45) is 4.73. The van der Waals surface area contributed by atoms with Crippen molar-refractivity contribution in [3.05, 3.63) is 0 Å². The Morgan fingerprint density at radius 1 is 1.43 bits per heavy atom. The minimum absolute atomic E-state index is 0.0107. The molecule has 0 radical (unpaired) electrons. The molecule has 2 unspecified atom stereocenters. The molecule has 0 spiro atoms. The van der Waals surface area contributed by atoms with Crippen LogP contribution in [0.3, 0.4) is 0 Å². The molecule has 0 saturated carbocycles. The second kappa shape index (κ2) is 5.13. The van der Waals surface area contributed by atoms with Crippen molar-refractivity contribution >= 4 is 0 Å². The van der Waals surface area contributed by atoms with Crippen LogP contribution in [0, 0.1) is 11.8 Å². The van der Waals surface area contributed by atoms with E-state index in [2.05, 4.69) is 20.8 Å². The molecule has 1 saturated heterocycles. The van der Waals surface area contributed by atoms with E-state index in [9.17, 15) is 0 Å². The molecule has 1 aliphatic rings. The quantitative estimate of drug-likeness (QED) is 0.755. The first-order valence-electron chi connectivity index (χ1n) is 5.93. The fourth-order valence-electron chi connectivity index (χ4n) is 2.24. The largest absolute Gasteiger partial charge is 0.381 e. The van der Waals surface area contributed by atoms with E-state index in [1.165, 1.54) is 19.3 Å². The lowest BCUT2D eigenvalue weighted by Gasteiger charge is -2.36. The van der Waals surface area contributed by atoms with Crippen LogP contribution in [-0.4, -0.2) is 18.8 Å². The number of nitrogens with two attached hydrogens (primary N) is 1. The van der Waals surface area contributed by atoms with Crippen molar-refractivity contribution in [3.63, 3.8) is 0 Å². The van der Waals surface area contributed by atoms with Crippen molar-refractivity contribution in [1.82, 2.24) is 0 Å². The Morgan fingerprint density at radius 3 is 2.50 bits per heavy atom. The number of ether oxygens (including phenoxy) is 1. The molecule has 1 aliphatic heterocycles. The summed E-state index contributed by atoms with van der Waals surface area (Å²) in [6.45, 7) is 8.55. The molecule has 0 aromatic carbocycles. The van der Waals surface area contributed by atoms with Crippen molar-refractivity contribution in [2.45, 2.75) is 52.0 Å². The van der Waals surface area contributed by atoms with Crippen molar-refractivity contribution < 1.29 is 4.74 Å². The molecular formula is C12H25NO. The number of rotatable bonds is 4. The Kier molecular flexibility index (Phi) is 4.39. The van der Waals surface area contributed by atoms with Gasteiger partial charge in [-0.1, -0.05) is 20.3 Å². The van der Waals surface area contributed by atoms with Gasteiger partial charge in [-0.15, -0.1) is 0 Å². The summed E-state index contributed by atoms with van der Waals surface area (Å²) in [6, 6.07) is 0. The van der Waals surface area contributed by atoms with Gasteiger partial charge in [-0.25, -0.2) is 0 Å². The SMILES string of the molecule is CCC(C)C(C)(N)CC1CCOCC1. The van der Waals surface area contributed by atoms with E-state index in [1.54, 1.807) is 0 Å². The molecule has 0 aliphatic carbocycles. The Hall–Kier alpha value is -0.0800. The molecule has 0 aromatic heterocycles. The van der Waals surface area contributed by atoms with Crippen LogP contribution in [-0.2, 0) is 4.74 Å². The first-order chi connectivity index (χ1) is 6.56. The monoisotopic (exact) mass is 199 g/mol. The van der Waals surface area contributed by atoms with Crippen molar-refractivity contribution in [2.24, 2.45) is 17.6 Å². The topological polar surface area (TPSA) is 35.2 Å². The normalized spacial score (nSPS) is 25.7. The van der Waals surface area contributed by atoms with Crippen LogP contribution in [0.1, 0.15) is 46.5 Å². The summed E-state index contributed by atoms with van der Waals surface area (Å²) < 4.78 is 5.36. The van der Waals surface area contributed by atoms with E-state index < -0.39 is 0 Å². The average molecular weight is 199 g/mol. The second-order valence-corrected chi connectivity index (χ2v) is 5.07. The van der Waals surface area contributed by atoms with Crippen LogP contribution in [0.15, 0.2) is 0 Å². The average Bonchev–Trinajstić information content (AvgIpc) is 2.17. The second-order valence-electron chi connectivity index (χ2n) is 5.07. The maximum absolute atomic E-state index is 6.36. The first kappa shape index (κ1) is 12.0. The molecule has 2 heteroatoms. The Morgan fingerprint density at radius 2 is 2.00 bits per heavy atom. The predicted molar refractivity (Wildman–Crippen MR) is 60.2 cm³/mol. The number of hydrogen-bond donors (Lipinski definition) is 1. The predicted octanol–water partition coefficient (Wildman–Crippen LogP) is 2.57. The van der Waals surface area contributed by atoms with Crippen molar-refractivity contribution in [1.29, 1.82) is 0 Å². The summed E-state index contributed by atoms with van der Waals surface area (Å²) in [5.41, 5.74) is 6.37. The molecule has 1 fully saturated rings. The summed E-state index contributed by atoms with van der Waals surface area (Å²) in [5.74, 6) is 1.40. The van der Waals surface area contributed by atoms with Crippen LogP contribution < -0.4 is 5.73 Å². The zero-order valence-electron chi connectivity index (χ0n) is 9.88. The standard InChI is InChI=1S/C12H25NO/c1-4-10(2)12(3,13)9-11-5-7-14-8-6-11/h10-11H,4-9,13H2,1-3H3. The molecule has 0 aromatic rings. The minimum Gasteiger partial charge on any atom is -0.381 e. The zero-order chi connectivity index (χ0) is 10.6. The van der Waals surface area contributed by atoms with Gasteiger partial charge in [0, 0.05) is 18.8 Å². The van der Waals surface area contributed by atoms with Gasteiger partial charge in [-0.05, 0) is 38.0 Å². The van der Waals surface area contributed by atoms with Gasteiger partial charge in [0.15, 0.2) is 0 Å². The Labute approximate surface area is 88.2 Å². The summed E-state index contributed by atoms with van der Waals surface area (Å²) in [4.78, 5) is 0. The van der Waals surface area contributed by atoms with E-state index in [-0.39, 0.29) is 5.54 Å². The van der Waals surface area contributed by atoms with Crippen molar-refractivity contribution in [2.75, 3.05) is 13.2 Å². The molecule has 14 heavy (non-hydrogen) atoms. The van der Waals surface area contributed by atoms with Gasteiger partial charge in [0.05, 0.1) is 0 Å². The Balaban J connectivity index is 2.40. The van der Waals surface area contributed by atoms with Gasteiger partial charge in [-0.2, -0.15) is 0 Å². The van der Waals surface area contributed by atoms with Crippen LogP contribution in [0.2, 0.25) is 0 Å². The molecule has 84 valence electrons. The van der Waals surface area contributed by atoms with Gasteiger partial charge >= 0.3 is 0 Å². The van der Waals surface area contributed by atoms with E-state index in [0.717, 1.165) is 25.6 Å². The van der Waals surface area contributed by atoms with Gasteiger partial charge in [0.2, 0.25) is 0 Å². The van der Waals surface area contributed by atoms with E-state index in [4.69, 9.17) is 10.5 Å². The highest BCUT2D eigenvalue weighted by Gasteiger charge is 2.29. The lowest BCUT2D eigenvalue weighted by atomic mass is 9.77. The lowest BCUT2D eigenvalue weighted by molar-refractivity contribution is 0.0529. The highest BCUT2D eigenvalue weighted by Crippen LogP contribution is 2.29. The van der Waals surface area contributed by atoms with E-state index in [0.29, 0.717) is 5.92 Å². The van der Waals surface area contributed by atoms with Gasteiger partial charge in [0.25, 0.3) is 0 Å². The maximum Gasteiger partial charge on any atom is 0.0468 e. The third kappa shape index (κ3) is 3.25. The fraction of sp³-hybridized carbons (Fsp3) is 1.00. The highest BCUT2D eigenvalue weighted by molar-refractivity contribution is 4.86. The zero-order valence-corrected chi connectivity index (χ0v) is 9.88. The summed E-state index contributed by atoms with van der Waals surface area (Å²) >= 11 is 0. The van der Waals surface area contributed by atoms with Crippen LogP contribution >= 0.6 is 0 Å². The van der Waals surface area contributed by atoms with E-state index in [1.807, 2.05) is 0 Å². The molecule has 2 atom stereocenters. The molecule has 1 heterocycles. The van der Waals surface area contributed by atoms with E-state index >= 15 is 0 Å². The number of hydrogen-bond acceptors (Lipinski definition) is 2. The van der Waals surface area contributed by atoms with Crippen LogP contribution in [0.4, 0.5) is 0 Å². The maximum atomic E-state index is 6.36. The lowest BCUT2D eigenvalue weighted by Crippen LogP contribution is -2.45. The molecule has 2 N–H and O–H groups in total. The Bertz CT molecular complexity index is 162. The van der Waals surface area contributed by atoms with Gasteiger partial charge < -0.3 is 10.5 Å². The molecule has 0 amide bonds. The van der Waals surface area contributed by atoms with Gasteiger partial charge in [0.1, 0.15) is 0 Å². The smallest absolute Gasteiger partial charge is 0.0468 e. The third-order valence-electron chi connectivity index (χ3n) is 3.81. The molecule has 0 bridgehead atoms. The summed E-state index contributed by atoms with van der Waals surface area (Å²) in [7, 11) is 0. The summed E-state index contributed by atoms with van der Waals surface area (Å²) in [5, 5.41) is 0. The minimum atomic E-state index is 0.0107.